The molecule has 4 aromatic rings. The van der Waals surface area contributed by atoms with E-state index in [0.29, 0.717) is 22.6 Å². The fourth-order valence-corrected chi connectivity index (χ4v) is 3.00. The van der Waals surface area contributed by atoms with E-state index in [0.717, 1.165) is 0 Å². The monoisotopic (exact) mass is 389 g/mol. The van der Waals surface area contributed by atoms with Gasteiger partial charge < -0.3 is 14.5 Å². The van der Waals surface area contributed by atoms with E-state index in [9.17, 15) is 14.0 Å². The molecule has 0 unspecified atom stereocenters. The Labute approximate surface area is 165 Å². The zero-order valence-electron chi connectivity index (χ0n) is 15.4. The van der Waals surface area contributed by atoms with Gasteiger partial charge >= 0.3 is 0 Å². The highest BCUT2D eigenvalue weighted by atomic mass is 19.1. The van der Waals surface area contributed by atoms with Crippen LogP contribution in [-0.2, 0) is 0 Å². The molecular formula is C23H16FNO4. The van der Waals surface area contributed by atoms with Crippen molar-refractivity contribution in [3.05, 3.63) is 94.4 Å². The molecule has 1 N–H and O–H groups in total. The minimum atomic E-state index is -0.475. The molecule has 6 heteroatoms. The molecule has 0 saturated heterocycles. The summed E-state index contributed by atoms with van der Waals surface area (Å²) in [5, 5.41) is 3.03. The third kappa shape index (κ3) is 3.73. The van der Waals surface area contributed by atoms with Crippen molar-refractivity contribution < 1.29 is 18.3 Å². The summed E-state index contributed by atoms with van der Waals surface area (Å²) in [4.78, 5) is 25.0. The summed E-state index contributed by atoms with van der Waals surface area (Å²) in [6.45, 7) is 0. The summed E-state index contributed by atoms with van der Waals surface area (Å²) in [6.07, 6.45) is 0. The van der Waals surface area contributed by atoms with Gasteiger partial charge in [0.1, 0.15) is 22.9 Å². The van der Waals surface area contributed by atoms with Gasteiger partial charge in [0.05, 0.1) is 18.1 Å². The molecule has 0 fully saturated rings. The largest absolute Gasteiger partial charge is 0.497 e. The summed E-state index contributed by atoms with van der Waals surface area (Å²) in [5.41, 5.74) is 1.04. The smallest absolute Gasteiger partial charge is 0.255 e. The maximum absolute atomic E-state index is 14.0. The molecule has 0 atom stereocenters. The fraction of sp³-hybridized carbons (Fsp3) is 0.0435. The van der Waals surface area contributed by atoms with Crippen LogP contribution in [0.5, 0.6) is 5.75 Å². The quantitative estimate of drug-likeness (QED) is 0.541. The van der Waals surface area contributed by atoms with Crippen molar-refractivity contribution in [2.45, 2.75) is 0 Å². The van der Waals surface area contributed by atoms with E-state index in [1.54, 1.807) is 54.6 Å². The first kappa shape index (κ1) is 18.4. The number of rotatable bonds is 4. The van der Waals surface area contributed by atoms with E-state index in [1.807, 2.05) is 0 Å². The van der Waals surface area contributed by atoms with Crippen molar-refractivity contribution in [3.8, 4) is 17.1 Å². The molecule has 4 rings (SSSR count). The van der Waals surface area contributed by atoms with Crippen molar-refractivity contribution in [3.63, 3.8) is 0 Å². The predicted molar refractivity (Wildman–Crippen MR) is 109 cm³/mol. The van der Waals surface area contributed by atoms with Crippen LogP contribution in [0, 0.1) is 5.82 Å². The predicted octanol–water partition coefficient (Wildman–Crippen LogP) is 4.86. The molecule has 1 amide bonds. The van der Waals surface area contributed by atoms with Crippen LogP contribution in [0.1, 0.15) is 10.4 Å². The second-order valence-corrected chi connectivity index (χ2v) is 6.35. The number of fused-ring (bicyclic) bond motifs is 1. The summed E-state index contributed by atoms with van der Waals surface area (Å²) >= 11 is 0. The molecular weight excluding hydrogens is 373 g/mol. The zero-order valence-corrected chi connectivity index (χ0v) is 15.4. The SMILES string of the molecule is COc1cccc(C(=O)Nc2ccc3oc(-c4ccccc4F)cc(=O)c3c2)c1. The molecule has 0 aliphatic rings. The normalized spacial score (nSPS) is 10.7. The lowest BCUT2D eigenvalue weighted by Crippen LogP contribution is -2.12. The number of halogens is 1. The molecule has 5 nitrogen and oxygen atoms in total. The van der Waals surface area contributed by atoms with Crippen molar-refractivity contribution in [2.24, 2.45) is 0 Å². The van der Waals surface area contributed by atoms with Crippen LogP contribution in [0.25, 0.3) is 22.3 Å². The summed E-state index contributed by atoms with van der Waals surface area (Å²) in [5.74, 6) is -0.0981. The van der Waals surface area contributed by atoms with Crippen molar-refractivity contribution in [1.82, 2.24) is 0 Å². The molecule has 0 aliphatic heterocycles. The Morgan fingerprint density at radius 1 is 1.00 bits per heavy atom. The van der Waals surface area contributed by atoms with Crippen LogP contribution in [0.4, 0.5) is 10.1 Å². The minimum Gasteiger partial charge on any atom is -0.497 e. The molecule has 0 spiro atoms. The van der Waals surface area contributed by atoms with Gasteiger partial charge in [-0.15, -0.1) is 0 Å². The summed E-state index contributed by atoms with van der Waals surface area (Å²) < 4.78 is 24.9. The van der Waals surface area contributed by atoms with Gasteiger partial charge in [-0.25, -0.2) is 4.39 Å². The van der Waals surface area contributed by atoms with Gasteiger partial charge in [0.2, 0.25) is 0 Å². The number of hydrogen-bond donors (Lipinski definition) is 1. The number of ether oxygens (including phenoxy) is 1. The molecule has 0 radical (unpaired) electrons. The van der Waals surface area contributed by atoms with E-state index >= 15 is 0 Å². The average Bonchev–Trinajstić information content (AvgIpc) is 2.74. The average molecular weight is 389 g/mol. The number of anilines is 1. The molecule has 3 aromatic carbocycles. The van der Waals surface area contributed by atoms with Crippen LogP contribution >= 0.6 is 0 Å². The number of benzene rings is 3. The standard InChI is InChI=1S/C23H16FNO4/c1-28-16-6-4-5-14(11-16)23(27)25-15-9-10-21-18(12-15)20(26)13-22(29-21)17-7-2-3-8-19(17)24/h2-13H,1H3,(H,25,27). The number of methoxy groups -OCH3 is 1. The molecule has 1 heterocycles. The Morgan fingerprint density at radius 3 is 2.62 bits per heavy atom. The molecule has 0 bridgehead atoms. The Morgan fingerprint density at radius 2 is 1.83 bits per heavy atom. The Bertz CT molecular complexity index is 1280. The summed E-state index contributed by atoms with van der Waals surface area (Å²) in [6, 6.07) is 18.8. The fourth-order valence-electron chi connectivity index (χ4n) is 3.00. The molecule has 144 valence electrons. The van der Waals surface area contributed by atoms with Crippen molar-refractivity contribution in [2.75, 3.05) is 12.4 Å². The maximum atomic E-state index is 14.0. The Hall–Kier alpha value is -3.93. The van der Waals surface area contributed by atoms with E-state index in [1.165, 1.54) is 25.3 Å². The number of carbonyl (C=O) groups is 1. The number of amides is 1. The molecule has 1 aromatic heterocycles. The second kappa shape index (κ2) is 7.59. The number of carbonyl (C=O) groups excluding carboxylic acids is 1. The van der Waals surface area contributed by atoms with Gasteiger partial charge in [-0.1, -0.05) is 18.2 Å². The molecule has 0 aliphatic carbocycles. The lowest BCUT2D eigenvalue weighted by Gasteiger charge is -2.08. The first-order valence-corrected chi connectivity index (χ1v) is 8.83. The lowest BCUT2D eigenvalue weighted by atomic mass is 10.1. The van der Waals surface area contributed by atoms with Crippen LogP contribution < -0.4 is 15.5 Å². The maximum Gasteiger partial charge on any atom is 0.255 e. The topological polar surface area (TPSA) is 68.5 Å². The first-order valence-electron chi connectivity index (χ1n) is 8.83. The zero-order chi connectivity index (χ0) is 20.4. The van der Waals surface area contributed by atoms with E-state index < -0.39 is 5.82 Å². The Kier molecular flexibility index (Phi) is 4.83. The summed E-state index contributed by atoms with van der Waals surface area (Å²) in [7, 11) is 1.52. The third-order valence-corrected chi connectivity index (χ3v) is 4.46. The first-order chi connectivity index (χ1) is 14.0. The van der Waals surface area contributed by atoms with E-state index in [-0.39, 0.29) is 28.0 Å². The molecule has 0 saturated carbocycles. The number of hydrogen-bond acceptors (Lipinski definition) is 4. The van der Waals surface area contributed by atoms with Crippen LogP contribution in [0.3, 0.4) is 0 Å². The third-order valence-electron chi connectivity index (χ3n) is 4.46. The van der Waals surface area contributed by atoms with Crippen molar-refractivity contribution >= 4 is 22.6 Å². The minimum absolute atomic E-state index is 0.147. The van der Waals surface area contributed by atoms with Crippen LogP contribution in [-0.4, -0.2) is 13.0 Å². The number of nitrogens with one attached hydrogen (secondary N) is 1. The van der Waals surface area contributed by atoms with Gasteiger partial charge in [0, 0.05) is 17.3 Å². The van der Waals surface area contributed by atoms with Gasteiger partial charge in [0.15, 0.2) is 5.43 Å². The highest BCUT2D eigenvalue weighted by Crippen LogP contribution is 2.26. The highest BCUT2D eigenvalue weighted by molar-refractivity contribution is 6.05. The van der Waals surface area contributed by atoms with E-state index in [2.05, 4.69) is 5.32 Å². The van der Waals surface area contributed by atoms with Crippen LogP contribution in [0.2, 0.25) is 0 Å². The van der Waals surface area contributed by atoms with Crippen LogP contribution in [0.15, 0.2) is 82.0 Å². The Balaban J connectivity index is 1.67. The highest BCUT2D eigenvalue weighted by Gasteiger charge is 2.12. The van der Waals surface area contributed by atoms with Gasteiger partial charge in [-0.2, -0.15) is 0 Å². The second-order valence-electron chi connectivity index (χ2n) is 6.35. The van der Waals surface area contributed by atoms with Crippen molar-refractivity contribution in [1.29, 1.82) is 0 Å². The lowest BCUT2D eigenvalue weighted by molar-refractivity contribution is 0.102. The van der Waals surface area contributed by atoms with Gasteiger partial charge in [0.25, 0.3) is 5.91 Å². The van der Waals surface area contributed by atoms with E-state index in [4.69, 9.17) is 9.15 Å². The van der Waals surface area contributed by atoms with Gasteiger partial charge in [-0.05, 0) is 48.5 Å². The molecule has 29 heavy (non-hydrogen) atoms. The van der Waals surface area contributed by atoms with Gasteiger partial charge in [-0.3, -0.25) is 9.59 Å².